The molecule has 2 heterocycles. The first-order valence-electron chi connectivity index (χ1n) is 5.84. The Bertz CT molecular complexity index is 343. The molecule has 0 saturated carbocycles. The molecule has 0 bridgehead atoms. The van der Waals surface area contributed by atoms with Gasteiger partial charge in [0.1, 0.15) is 0 Å². The normalized spacial score (nSPS) is 21.9. The molecule has 1 aliphatic heterocycles. The van der Waals surface area contributed by atoms with Crippen LogP contribution in [0.15, 0.2) is 4.52 Å². The smallest absolute Gasteiger partial charge is 0.246 e. The van der Waals surface area contributed by atoms with Crippen LogP contribution in [0.5, 0.6) is 0 Å². The van der Waals surface area contributed by atoms with Crippen molar-refractivity contribution in [3.05, 3.63) is 11.7 Å². The number of aromatic nitrogens is 2. The number of nitrogens with zero attached hydrogens (tertiary/aromatic N) is 2. The van der Waals surface area contributed by atoms with Gasteiger partial charge in [-0.2, -0.15) is 4.98 Å². The van der Waals surface area contributed by atoms with Crippen molar-refractivity contribution in [2.75, 3.05) is 13.2 Å². The average Bonchev–Trinajstić information content (AvgIpc) is 2.80. The van der Waals surface area contributed by atoms with E-state index in [-0.39, 0.29) is 0 Å². The van der Waals surface area contributed by atoms with Crippen LogP contribution in [-0.2, 0) is 10.3 Å². The summed E-state index contributed by atoms with van der Waals surface area (Å²) in [7, 11) is 0. The zero-order chi connectivity index (χ0) is 11.6. The molecule has 1 aromatic rings. The minimum absolute atomic E-state index is 0.360. The Hall–Kier alpha value is -0.940. The molecule has 0 amide bonds. The fourth-order valence-electron chi connectivity index (χ4n) is 1.74. The van der Waals surface area contributed by atoms with E-state index in [1.54, 1.807) is 0 Å². The summed E-state index contributed by atoms with van der Waals surface area (Å²) in [4.78, 5) is 4.42. The van der Waals surface area contributed by atoms with Crippen molar-refractivity contribution in [2.45, 2.75) is 44.6 Å². The predicted molar refractivity (Wildman–Crippen MR) is 58.9 cm³/mol. The maximum atomic E-state index is 6.06. The van der Waals surface area contributed by atoms with Gasteiger partial charge in [-0.05, 0) is 26.2 Å². The van der Waals surface area contributed by atoms with Crippen LogP contribution < -0.4 is 5.73 Å². The summed E-state index contributed by atoms with van der Waals surface area (Å²) in [5, 5.41) is 4.03. The lowest BCUT2D eigenvalue weighted by molar-refractivity contribution is 0.0830. The van der Waals surface area contributed by atoms with Gasteiger partial charge in [-0.3, -0.25) is 0 Å². The van der Waals surface area contributed by atoms with E-state index in [1.165, 1.54) is 0 Å². The molecule has 5 heteroatoms. The monoisotopic (exact) mass is 225 g/mol. The van der Waals surface area contributed by atoms with Crippen LogP contribution in [0.2, 0.25) is 0 Å². The lowest BCUT2D eigenvalue weighted by Gasteiger charge is -2.19. The van der Waals surface area contributed by atoms with Gasteiger partial charge in [0, 0.05) is 19.1 Å². The van der Waals surface area contributed by atoms with E-state index in [0.717, 1.165) is 38.3 Å². The number of nitrogens with two attached hydrogens (primary N) is 1. The quantitative estimate of drug-likeness (QED) is 0.844. The zero-order valence-corrected chi connectivity index (χ0v) is 9.90. The lowest BCUT2D eigenvalue weighted by atomic mass is 9.98. The predicted octanol–water partition coefficient (Wildman–Crippen LogP) is 1.55. The molecule has 16 heavy (non-hydrogen) atoms. The molecular weight excluding hydrogens is 206 g/mol. The number of hydrogen-bond donors (Lipinski definition) is 1. The second-order valence-corrected chi connectivity index (χ2v) is 4.62. The summed E-state index contributed by atoms with van der Waals surface area (Å²) in [5.41, 5.74) is 5.54. The van der Waals surface area contributed by atoms with E-state index in [4.69, 9.17) is 15.0 Å². The van der Waals surface area contributed by atoms with E-state index >= 15 is 0 Å². The van der Waals surface area contributed by atoms with E-state index in [9.17, 15) is 0 Å². The summed E-state index contributed by atoms with van der Waals surface area (Å²) < 4.78 is 10.6. The number of hydrogen-bond acceptors (Lipinski definition) is 5. The van der Waals surface area contributed by atoms with Crippen LogP contribution in [0.3, 0.4) is 0 Å². The Morgan fingerprint density at radius 3 is 2.75 bits per heavy atom. The van der Waals surface area contributed by atoms with Crippen LogP contribution in [0.25, 0.3) is 0 Å². The second kappa shape index (κ2) is 4.51. The molecule has 2 rings (SSSR count). The Kier molecular flexibility index (Phi) is 3.25. The van der Waals surface area contributed by atoms with E-state index in [1.807, 2.05) is 13.8 Å². The fourth-order valence-corrected chi connectivity index (χ4v) is 1.74. The van der Waals surface area contributed by atoms with Gasteiger partial charge in [0.05, 0.1) is 5.54 Å². The van der Waals surface area contributed by atoms with Gasteiger partial charge >= 0.3 is 0 Å². The largest absolute Gasteiger partial charge is 0.381 e. The van der Waals surface area contributed by atoms with Crippen LogP contribution in [-0.4, -0.2) is 23.4 Å². The molecule has 1 aromatic heterocycles. The highest BCUT2D eigenvalue weighted by molar-refractivity contribution is 5.03. The van der Waals surface area contributed by atoms with Gasteiger partial charge in [0.2, 0.25) is 5.89 Å². The SMILES string of the molecule is CCC(C)(N)c1nc(C2CCOCC2)no1. The van der Waals surface area contributed by atoms with Gasteiger partial charge in [-0.15, -0.1) is 0 Å². The van der Waals surface area contributed by atoms with E-state index < -0.39 is 5.54 Å². The third kappa shape index (κ3) is 2.25. The first-order valence-corrected chi connectivity index (χ1v) is 5.84. The first-order chi connectivity index (χ1) is 7.63. The molecule has 5 nitrogen and oxygen atoms in total. The maximum absolute atomic E-state index is 6.06. The van der Waals surface area contributed by atoms with Crippen molar-refractivity contribution >= 4 is 0 Å². The van der Waals surface area contributed by atoms with Gasteiger partial charge in [-0.25, -0.2) is 0 Å². The highest BCUT2D eigenvalue weighted by atomic mass is 16.5. The molecule has 1 unspecified atom stereocenters. The van der Waals surface area contributed by atoms with Gasteiger partial charge in [-0.1, -0.05) is 12.1 Å². The Morgan fingerprint density at radius 2 is 2.12 bits per heavy atom. The van der Waals surface area contributed by atoms with Crippen LogP contribution in [0.4, 0.5) is 0 Å². The number of ether oxygens (including phenoxy) is 1. The van der Waals surface area contributed by atoms with Gasteiger partial charge in [0.15, 0.2) is 5.82 Å². The Labute approximate surface area is 95.3 Å². The standard InChI is InChI=1S/C11H19N3O2/c1-3-11(2,12)10-13-9(14-16-10)8-4-6-15-7-5-8/h8H,3-7,12H2,1-2H3. The van der Waals surface area contributed by atoms with Crippen molar-refractivity contribution in [1.29, 1.82) is 0 Å². The van der Waals surface area contributed by atoms with Crippen LogP contribution in [0.1, 0.15) is 50.7 Å². The summed E-state index contributed by atoms with van der Waals surface area (Å²) >= 11 is 0. The molecular formula is C11H19N3O2. The minimum atomic E-state index is -0.517. The van der Waals surface area contributed by atoms with Crippen molar-refractivity contribution < 1.29 is 9.26 Å². The van der Waals surface area contributed by atoms with Crippen LogP contribution >= 0.6 is 0 Å². The van der Waals surface area contributed by atoms with Crippen molar-refractivity contribution in [2.24, 2.45) is 5.73 Å². The molecule has 1 saturated heterocycles. The zero-order valence-electron chi connectivity index (χ0n) is 9.90. The van der Waals surface area contributed by atoms with E-state index in [0.29, 0.717) is 11.8 Å². The Morgan fingerprint density at radius 1 is 1.44 bits per heavy atom. The maximum Gasteiger partial charge on any atom is 0.246 e. The third-order valence-electron chi connectivity index (χ3n) is 3.25. The Balaban J connectivity index is 2.12. The molecule has 1 atom stereocenters. The van der Waals surface area contributed by atoms with Crippen molar-refractivity contribution in [3.8, 4) is 0 Å². The van der Waals surface area contributed by atoms with Crippen molar-refractivity contribution in [3.63, 3.8) is 0 Å². The first kappa shape index (κ1) is 11.5. The van der Waals surface area contributed by atoms with Gasteiger partial charge < -0.3 is 15.0 Å². The summed E-state index contributed by atoms with van der Waals surface area (Å²) in [6, 6.07) is 0. The van der Waals surface area contributed by atoms with Gasteiger partial charge in [0.25, 0.3) is 0 Å². The number of rotatable bonds is 3. The lowest BCUT2D eigenvalue weighted by Crippen LogP contribution is -2.32. The summed E-state index contributed by atoms with van der Waals surface area (Å²) in [6.07, 6.45) is 2.71. The fraction of sp³-hybridized carbons (Fsp3) is 0.818. The molecule has 1 aliphatic rings. The second-order valence-electron chi connectivity index (χ2n) is 4.62. The summed E-state index contributed by atoms with van der Waals surface area (Å²) in [6.45, 7) is 5.48. The molecule has 1 fully saturated rings. The molecule has 0 aliphatic carbocycles. The summed E-state index contributed by atoms with van der Waals surface area (Å²) in [5.74, 6) is 1.68. The van der Waals surface area contributed by atoms with E-state index in [2.05, 4.69) is 10.1 Å². The van der Waals surface area contributed by atoms with Crippen LogP contribution in [0, 0.1) is 0 Å². The molecule has 0 aromatic carbocycles. The topological polar surface area (TPSA) is 74.2 Å². The molecule has 0 radical (unpaired) electrons. The average molecular weight is 225 g/mol. The molecule has 0 spiro atoms. The third-order valence-corrected chi connectivity index (χ3v) is 3.25. The highest BCUT2D eigenvalue weighted by Gasteiger charge is 2.28. The molecule has 2 N–H and O–H groups in total. The minimum Gasteiger partial charge on any atom is -0.381 e. The highest BCUT2D eigenvalue weighted by Crippen LogP contribution is 2.27. The molecule has 90 valence electrons. The van der Waals surface area contributed by atoms with Crippen molar-refractivity contribution in [1.82, 2.24) is 10.1 Å².